The van der Waals surface area contributed by atoms with E-state index in [1.54, 1.807) is 30.3 Å². The number of halogens is 3. The Morgan fingerprint density at radius 2 is 1.61 bits per heavy atom. The summed E-state index contributed by atoms with van der Waals surface area (Å²) in [6, 6.07) is 13.3. The van der Waals surface area contributed by atoms with Crippen molar-refractivity contribution in [2.45, 2.75) is 26.9 Å². The molecule has 1 amide bonds. The second-order valence-electron chi connectivity index (χ2n) is 7.31. The van der Waals surface area contributed by atoms with Gasteiger partial charge in [0, 0.05) is 11.3 Å². The van der Waals surface area contributed by atoms with Gasteiger partial charge in [0.1, 0.15) is 0 Å². The van der Waals surface area contributed by atoms with E-state index in [9.17, 15) is 18.0 Å². The van der Waals surface area contributed by atoms with Crippen LogP contribution in [0.5, 0.6) is 0 Å². The number of aryl methyl sites for hydroxylation is 3. The topological polar surface area (TPSA) is 72.2 Å². The highest BCUT2D eigenvalue weighted by Crippen LogP contribution is 2.32. The van der Waals surface area contributed by atoms with Gasteiger partial charge in [0.15, 0.2) is 5.69 Å². The summed E-state index contributed by atoms with van der Waals surface area (Å²) in [5, 5.41) is 6.44. The lowest BCUT2D eigenvalue weighted by atomic mass is 10.1. The Labute approximate surface area is 175 Å². The SMILES string of the molecule is Cc1ccc(-c2cc(C(F)(F)F)n3nc(C(=O)Nc4cc(C)ccc4C)nc3n2)cc1. The monoisotopic (exact) mass is 425 g/mol. The van der Waals surface area contributed by atoms with E-state index in [0.29, 0.717) is 15.8 Å². The zero-order valence-electron chi connectivity index (χ0n) is 16.9. The Bertz CT molecular complexity index is 1290. The van der Waals surface area contributed by atoms with E-state index in [0.717, 1.165) is 22.8 Å². The first kappa shape index (κ1) is 20.5. The maximum atomic E-state index is 13.7. The summed E-state index contributed by atoms with van der Waals surface area (Å²) in [7, 11) is 0. The number of nitrogens with zero attached hydrogens (tertiary/aromatic N) is 4. The first-order valence-electron chi connectivity index (χ1n) is 9.42. The van der Waals surface area contributed by atoms with Crippen molar-refractivity contribution in [3.05, 3.63) is 76.7 Å². The fraction of sp³-hybridized carbons (Fsp3) is 0.182. The molecule has 0 aliphatic rings. The Morgan fingerprint density at radius 1 is 0.935 bits per heavy atom. The third kappa shape index (κ3) is 4.11. The molecule has 0 atom stereocenters. The van der Waals surface area contributed by atoms with Crippen LogP contribution in [-0.2, 0) is 6.18 Å². The third-order valence-corrected chi connectivity index (χ3v) is 4.79. The highest BCUT2D eigenvalue weighted by Gasteiger charge is 2.36. The summed E-state index contributed by atoms with van der Waals surface area (Å²) in [5.74, 6) is -1.43. The zero-order valence-corrected chi connectivity index (χ0v) is 16.9. The van der Waals surface area contributed by atoms with Gasteiger partial charge in [-0.05, 0) is 44.0 Å². The molecule has 2 aromatic carbocycles. The van der Waals surface area contributed by atoms with Gasteiger partial charge in [0.2, 0.25) is 5.82 Å². The van der Waals surface area contributed by atoms with E-state index >= 15 is 0 Å². The standard InChI is InChI=1S/C22H18F3N5O/c1-12-5-8-15(9-6-12)17-11-18(22(23,24)25)30-21(27-17)28-19(29-30)20(31)26-16-10-13(2)4-7-14(16)3/h4-11H,1-3H3,(H,26,31). The fourth-order valence-corrected chi connectivity index (χ4v) is 3.09. The lowest BCUT2D eigenvalue weighted by Gasteiger charge is -2.10. The van der Waals surface area contributed by atoms with Crippen molar-refractivity contribution in [3.63, 3.8) is 0 Å². The third-order valence-electron chi connectivity index (χ3n) is 4.79. The van der Waals surface area contributed by atoms with Gasteiger partial charge in [-0.15, -0.1) is 5.10 Å². The van der Waals surface area contributed by atoms with Crippen LogP contribution in [0.3, 0.4) is 0 Å². The summed E-state index contributed by atoms with van der Waals surface area (Å²) >= 11 is 0. The van der Waals surface area contributed by atoms with Crippen LogP contribution in [0.2, 0.25) is 0 Å². The molecule has 0 radical (unpaired) electrons. The van der Waals surface area contributed by atoms with Gasteiger partial charge in [-0.3, -0.25) is 4.79 Å². The molecule has 31 heavy (non-hydrogen) atoms. The summed E-state index contributed by atoms with van der Waals surface area (Å²) in [4.78, 5) is 20.8. The van der Waals surface area contributed by atoms with Crippen molar-refractivity contribution in [3.8, 4) is 11.3 Å². The molecule has 4 aromatic rings. The summed E-state index contributed by atoms with van der Waals surface area (Å²) < 4.78 is 41.7. The highest BCUT2D eigenvalue weighted by molar-refractivity contribution is 6.02. The number of alkyl halides is 3. The van der Waals surface area contributed by atoms with Gasteiger partial charge in [-0.1, -0.05) is 42.0 Å². The quantitative estimate of drug-likeness (QED) is 0.502. The Hall–Kier alpha value is -3.75. The predicted octanol–water partition coefficient (Wildman–Crippen LogP) is 4.99. The van der Waals surface area contributed by atoms with Gasteiger partial charge >= 0.3 is 6.18 Å². The summed E-state index contributed by atoms with van der Waals surface area (Å²) in [6.45, 7) is 5.55. The lowest BCUT2D eigenvalue weighted by Crippen LogP contribution is -2.16. The molecule has 0 unspecified atom stereocenters. The largest absolute Gasteiger partial charge is 0.433 e. The second kappa shape index (κ2) is 7.50. The van der Waals surface area contributed by atoms with Crippen molar-refractivity contribution in [2.24, 2.45) is 0 Å². The molecular weight excluding hydrogens is 407 g/mol. The average Bonchev–Trinajstić information content (AvgIpc) is 3.14. The highest BCUT2D eigenvalue weighted by atomic mass is 19.4. The number of benzene rings is 2. The lowest BCUT2D eigenvalue weighted by molar-refractivity contribution is -0.142. The van der Waals surface area contributed by atoms with Crippen LogP contribution in [0.1, 0.15) is 33.0 Å². The Kier molecular flexibility index (Phi) is 4.96. The number of hydrogen-bond acceptors (Lipinski definition) is 4. The van der Waals surface area contributed by atoms with Crippen LogP contribution in [0.25, 0.3) is 17.0 Å². The van der Waals surface area contributed by atoms with Crippen LogP contribution in [-0.4, -0.2) is 25.5 Å². The molecule has 0 aliphatic carbocycles. The molecule has 9 heteroatoms. The molecule has 0 saturated carbocycles. The molecule has 4 rings (SSSR count). The minimum absolute atomic E-state index is 0.0914. The fourth-order valence-electron chi connectivity index (χ4n) is 3.09. The minimum atomic E-state index is -4.71. The van der Waals surface area contributed by atoms with Gasteiger partial charge in [0.05, 0.1) is 5.69 Å². The number of hydrogen-bond donors (Lipinski definition) is 1. The number of carbonyl (C=O) groups is 1. The van der Waals surface area contributed by atoms with Crippen LogP contribution < -0.4 is 5.32 Å². The van der Waals surface area contributed by atoms with Gasteiger partial charge in [-0.25, -0.2) is 4.98 Å². The minimum Gasteiger partial charge on any atom is -0.319 e. The molecule has 0 saturated heterocycles. The van der Waals surface area contributed by atoms with Crippen LogP contribution >= 0.6 is 0 Å². The first-order valence-corrected chi connectivity index (χ1v) is 9.42. The molecule has 2 heterocycles. The van der Waals surface area contributed by atoms with Crippen LogP contribution in [0.4, 0.5) is 18.9 Å². The van der Waals surface area contributed by atoms with Crippen molar-refractivity contribution < 1.29 is 18.0 Å². The molecule has 6 nitrogen and oxygen atoms in total. The number of amides is 1. The maximum Gasteiger partial charge on any atom is 0.433 e. The molecule has 0 fully saturated rings. The molecule has 2 aromatic heterocycles. The smallest absolute Gasteiger partial charge is 0.319 e. The summed E-state index contributed by atoms with van der Waals surface area (Å²) in [5.41, 5.74) is 2.76. The van der Waals surface area contributed by atoms with Crippen molar-refractivity contribution >= 4 is 17.4 Å². The van der Waals surface area contributed by atoms with E-state index < -0.39 is 23.6 Å². The molecule has 0 aliphatic heterocycles. The van der Waals surface area contributed by atoms with Crippen molar-refractivity contribution in [1.29, 1.82) is 0 Å². The summed E-state index contributed by atoms with van der Waals surface area (Å²) in [6.07, 6.45) is -4.71. The van der Waals surface area contributed by atoms with Crippen LogP contribution in [0, 0.1) is 20.8 Å². The number of rotatable bonds is 3. The predicted molar refractivity (Wildman–Crippen MR) is 110 cm³/mol. The Balaban J connectivity index is 1.79. The molecule has 158 valence electrons. The first-order chi connectivity index (χ1) is 14.6. The number of carbonyl (C=O) groups excluding carboxylic acids is 1. The zero-order chi connectivity index (χ0) is 22.3. The normalized spacial score (nSPS) is 11.7. The van der Waals surface area contributed by atoms with Crippen LogP contribution in [0.15, 0.2) is 48.5 Å². The van der Waals surface area contributed by atoms with Gasteiger partial charge < -0.3 is 5.32 Å². The Morgan fingerprint density at radius 3 is 2.29 bits per heavy atom. The van der Waals surface area contributed by atoms with E-state index in [4.69, 9.17) is 0 Å². The number of aromatic nitrogens is 4. The van der Waals surface area contributed by atoms with E-state index in [2.05, 4.69) is 20.4 Å². The maximum absolute atomic E-state index is 13.7. The van der Waals surface area contributed by atoms with E-state index in [-0.39, 0.29) is 11.5 Å². The molecule has 0 bridgehead atoms. The van der Waals surface area contributed by atoms with Gasteiger partial charge in [-0.2, -0.15) is 22.7 Å². The molecule has 1 N–H and O–H groups in total. The molecular formula is C22H18F3N5O. The van der Waals surface area contributed by atoms with E-state index in [1.165, 1.54) is 0 Å². The number of fused-ring (bicyclic) bond motifs is 1. The molecule has 0 spiro atoms. The van der Waals surface area contributed by atoms with E-state index in [1.807, 2.05) is 32.9 Å². The number of anilines is 1. The van der Waals surface area contributed by atoms with Crippen molar-refractivity contribution in [1.82, 2.24) is 19.6 Å². The average molecular weight is 425 g/mol. The number of nitrogens with one attached hydrogen (secondary N) is 1. The van der Waals surface area contributed by atoms with Crippen molar-refractivity contribution in [2.75, 3.05) is 5.32 Å². The second-order valence-corrected chi connectivity index (χ2v) is 7.31. The van der Waals surface area contributed by atoms with Gasteiger partial charge in [0.25, 0.3) is 11.7 Å².